The number of halogens is 5. The van der Waals surface area contributed by atoms with Gasteiger partial charge in [0, 0.05) is 30.8 Å². The van der Waals surface area contributed by atoms with Crippen LogP contribution in [0, 0.1) is 11.3 Å². The highest BCUT2D eigenvalue weighted by molar-refractivity contribution is 5.25. The van der Waals surface area contributed by atoms with Gasteiger partial charge in [-0.1, -0.05) is 0 Å². The minimum atomic E-state index is -4.70. The molecule has 1 aromatic heterocycles. The van der Waals surface area contributed by atoms with E-state index in [-0.39, 0.29) is 5.41 Å². The number of hydrogen-bond acceptors (Lipinski definition) is 2. The van der Waals surface area contributed by atoms with E-state index in [0.29, 0.717) is 18.9 Å². The highest BCUT2D eigenvalue weighted by Crippen LogP contribution is 2.57. The first-order valence-corrected chi connectivity index (χ1v) is 6.35. The van der Waals surface area contributed by atoms with Crippen molar-refractivity contribution < 1.29 is 22.0 Å². The van der Waals surface area contributed by atoms with Crippen LogP contribution in [0.25, 0.3) is 0 Å². The predicted octanol–water partition coefficient (Wildman–Crippen LogP) is 3.19. The van der Waals surface area contributed by atoms with Crippen LogP contribution < -0.4 is 5.32 Å². The topological polar surface area (TPSA) is 24.9 Å². The second-order valence-electron chi connectivity index (χ2n) is 5.76. The molecule has 2 nitrogen and oxygen atoms in total. The molecule has 1 aliphatic heterocycles. The van der Waals surface area contributed by atoms with Crippen LogP contribution in [-0.2, 0) is 12.1 Å². The number of hydrogen-bond donors (Lipinski definition) is 1. The lowest BCUT2D eigenvalue weighted by atomic mass is 9.56. The lowest BCUT2D eigenvalue weighted by Crippen LogP contribution is -2.62. The number of pyridine rings is 1. The van der Waals surface area contributed by atoms with Crippen molar-refractivity contribution in [1.82, 2.24) is 10.3 Å². The Morgan fingerprint density at radius 1 is 1.15 bits per heavy atom. The normalized spacial score (nSPS) is 22.4. The number of nitrogens with zero attached hydrogens (tertiary/aromatic N) is 1. The van der Waals surface area contributed by atoms with Crippen molar-refractivity contribution in [2.45, 2.75) is 24.9 Å². The van der Waals surface area contributed by atoms with Gasteiger partial charge in [-0.25, -0.2) is 8.78 Å². The largest absolute Gasteiger partial charge is 0.433 e. The van der Waals surface area contributed by atoms with Crippen molar-refractivity contribution in [3.8, 4) is 0 Å². The van der Waals surface area contributed by atoms with Gasteiger partial charge in [-0.2, -0.15) is 13.2 Å². The van der Waals surface area contributed by atoms with Crippen molar-refractivity contribution >= 4 is 0 Å². The van der Waals surface area contributed by atoms with Gasteiger partial charge in [-0.3, -0.25) is 4.98 Å². The fraction of sp³-hybridized carbons (Fsp3) is 0.615. The van der Waals surface area contributed by atoms with Crippen molar-refractivity contribution in [3.63, 3.8) is 0 Å². The monoisotopic (exact) mass is 292 g/mol. The Kier molecular flexibility index (Phi) is 2.83. The Morgan fingerprint density at radius 3 is 2.30 bits per heavy atom. The van der Waals surface area contributed by atoms with E-state index in [1.54, 1.807) is 0 Å². The molecule has 2 fully saturated rings. The Bertz CT molecular complexity index is 514. The Hall–Kier alpha value is -1.24. The lowest BCUT2D eigenvalue weighted by Gasteiger charge is -2.56. The van der Waals surface area contributed by atoms with Gasteiger partial charge in [0.2, 0.25) is 0 Å². The van der Waals surface area contributed by atoms with Crippen molar-refractivity contribution in [1.29, 1.82) is 0 Å². The third-order valence-corrected chi connectivity index (χ3v) is 4.31. The molecule has 0 atom stereocenters. The summed E-state index contributed by atoms with van der Waals surface area (Å²) in [7, 11) is 0. The maximum absolute atomic E-state index is 14.3. The van der Waals surface area contributed by atoms with E-state index in [4.69, 9.17) is 0 Å². The van der Waals surface area contributed by atoms with Gasteiger partial charge >= 0.3 is 6.18 Å². The molecule has 1 aromatic rings. The van der Waals surface area contributed by atoms with E-state index in [2.05, 4.69) is 10.3 Å². The summed E-state index contributed by atoms with van der Waals surface area (Å²) in [6.07, 6.45) is -3.19. The highest BCUT2D eigenvalue weighted by Gasteiger charge is 2.57. The first-order valence-electron chi connectivity index (χ1n) is 6.35. The van der Waals surface area contributed by atoms with Crippen LogP contribution in [0.2, 0.25) is 0 Å². The zero-order valence-corrected chi connectivity index (χ0v) is 10.5. The summed E-state index contributed by atoms with van der Waals surface area (Å²) in [6, 6.07) is 1.43. The molecule has 0 unspecified atom stereocenters. The van der Waals surface area contributed by atoms with Gasteiger partial charge in [0.1, 0.15) is 5.69 Å². The van der Waals surface area contributed by atoms with Crippen LogP contribution >= 0.6 is 0 Å². The highest BCUT2D eigenvalue weighted by atomic mass is 19.4. The SMILES string of the molecule is FC(F)(F)c1cc(C(F)(F)C2CC3(CNC3)C2)ccn1. The second-order valence-corrected chi connectivity index (χ2v) is 5.76. The number of alkyl halides is 5. The summed E-state index contributed by atoms with van der Waals surface area (Å²) in [4.78, 5) is 3.11. The van der Waals surface area contributed by atoms with Gasteiger partial charge < -0.3 is 5.32 Å². The molecule has 0 aromatic carbocycles. The van der Waals surface area contributed by atoms with E-state index in [1.165, 1.54) is 0 Å². The van der Waals surface area contributed by atoms with E-state index in [9.17, 15) is 22.0 Å². The van der Waals surface area contributed by atoms with E-state index >= 15 is 0 Å². The van der Waals surface area contributed by atoms with Gasteiger partial charge in [0.25, 0.3) is 5.92 Å². The number of rotatable bonds is 2. The predicted molar refractivity (Wildman–Crippen MR) is 61.2 cm³/mol. The molecule has 0 amide bonds. The molecule has 1 N–H and O–H groups in total. The van der Waals surface area contributed by atoms with Gasteiger partial charge in [0.15, 0.2) is 0 Å². The fourth-order valence-corrected chi connectivity index (χ4v) is 3.04. The van der Waals surface area contributed by atoms with Crippen LogP contribution in [0.4, 0.5) is 22.0 Å². The first-order chi connectivity index (χ1) is 9.23. The van der Waals surface area contributed by atoms with Gasteiger partial charge in [-0.15, -0.1) is 0 Å². The van der Waals surface area contributed by atoms with E-state index in [0.717, 1.165) is 25.4 Å². The van der Waals surface area contributed by atoms with Crippen LogP contribution in [0.15, 0.2) is 18.3 Å². The first kappa shape index (κ1) is 13.7. The van der Waals surface area contributed by atoms with E-state index < -0.39 is 29.3 Å². The fourth-order valence-electron chi connectivity index (χ4n) is 3.04. The second kappa shape index (κ2) is 4.13. The van der Waals surface area contributed by atoms with Crippen LogP contribution in [0.5, 0.6) is 0 Å². The standard InChI is InChI=1S/C13H13F5N2/c14-12(15,9-4-11(5-9)6-19-7-11)8-1-2-20-10(3-8)13(16,17)18/h1-3,9,19H,4-7H2. The van der Waals surface area contributed by atoms with Gasteiger partial charge in [-0.05, 0) is 30.4 Å². The molecule has 1 spiro atoms. The summed E-state index contributed by atoms with van der Waals surface area (Å²) in [5, 5.41) is 3.04. The Balaban J connectivity index is 1.81. The summed E-state index contributed by atoms with van der Waals surface area (Å²) in [5.41, 5.74) is -1.91. The average molecular weight is 292 g/mol. The molecule has 1 aliphatic carbocycles. The third kappa shape index (κ3) is 2.08. The quantitative estimate of drug-likeness (QED) is 0.847. The molecule has 2 heterocycles. The summed E-state index contributed by atoms with van der Waals surface area (Å²) < 4.78 is 66.1. The minimum Gasteiger partial charge on any atom is -0.316 e. The minimum absolute atomic E-state index is 0.0476. The van der Waals surface area contributed by atoms with E-state index in [1.807, 2.05) is 0 Å². The van der Waals surface area contributed by atoms with Crippen LogP contribution in [0.1, 0.15) is 24.1 Å². The van der Waals surface area contributed by atoms with Crippen LogP contribution in [0.3, 0.4) is 0 Å². The lowest BCUT2D eigenvalue weighted by molar-refractivity contribution is -0.157. The van der Waals surface area contributed by atoms with Crippen molar-refractivity contribution in [3.05, 3.63) is 29.6 Å². The molecule has 0 bridgehead atoms. The molecule has 0 radical (unpaired) electrons. The Morgan fingerprint density at radius 2 is 1.80 bits per heavy atom. The zero-order chi connectivity index (χ0) is 14.6. The Labute approximate surface area is 112 Å². The summed E-state index contributed by atoms with van der Waals surface area (Å²) in [5.74, 6) is -4.11. The molecule has 1 saturated heterocycles. The maximum Gasteiger partial charge on any atom is 0.433 e. The molecule has 2 aliphatic rings. The number of nitrogens with one attached hydrogen (secondary N) is 1. The zero-order valence-electron chi connectivity index (χ0n) is 10.5. The molecule has 1 saturated carbocycles. The molecule has 110 valence electrons. The summed E-state index contributed by atoms with van der Waals surface area (Å²) in [6.45, 7) is 1.45. The third-order valence-electron chi connectivity index (χ3n) is 4.31. The molecular weight excluding hydrogens is 279 g/mol. The van der Waals surface area contributed by atoms with Crippen LogP contribution in [-0.4, -0.2) is 18.1 Å². The molecular formula is C13H13F5N2. The average Bonchev–Trinajstić information content (AvgIpc) is 2.24. The molecule has 7 heteroatoms. The van der Waals surface area contributed by atoms with Crippen molar-refractivity contribution in [2.24, 2.45) is 11.3 Å². The van der Waals surface area contributed by atoms with Gasteiger partial charge in [0.05, 0.1) is 0 Å². The number of aromatic nitrogens is 1. The maximum atomic E-state index is 14.3. The van der Waals surface area contributed by atoms with Crippen molar-refractivity contribution in [2.75, 3.05) is 13.1 Å². The molecule has 3 rings (SSSR count). The summed E-state index contributed by atoms with van der Waals surface area (Å²) >= 11 is 0. The molecule has 20 heavy (non-hydrogen) atoms. The smallest absolute Gasteiger partial charge is 0.316 e.